The van der Waals surface area contributed by atoms with E-state index in [1.807, 2.05) is 45.0 Å². The first-order valence-electron chi connectivity index (χ1n) is 9.56. The van der Waals surface area contributed by atoms with Crippen LogP contribution in [0.15, 0.2) is 33.9 Å². The number of thioether (sulfide) groups is 1. The van der Waals surface area contributed by atoms with E-state index in [1.165, 1.54) is 11.3 Å². The molecule has 30 heavy (non-hydrogen) atoms. The highest BCUT2D eigenvalue weighted by molar-refractivity contribution is 7.99. The third-order valence-corrected chi connectivity index (χ3v) is 6.29. The topological polar surface area (TPSA) is 94.3 Å². The van der Waals surface area contributed by atoms with Gasteiger partial charge < -0.3 is 14.5 Å². The van der Waals surface area contributed by atoms with E-state index in [-0.39, 0.29) is 18.3 Å². The van der Waals surface area contributed by atoms with Crippen molar-refractivity contribution in [2.75, 3.05) is 17.7 Å². The summed E-state index contributed by atoms with van der Waals surface area (Å²) in [6, 6.07) is 7.72. The van der Waals surface area contributed by atoms with Crippen LogP contribution in [-0.4, -0.2) is 34.4 Å². The summed E-state index contributed by atoms with van der Waals surface area (Å²) in [6.45, 7) is 7.91. The minimum atomic E-state index is -0.415. The lowest BCUT2D eigenvalue weighted by atomic mass is 10.1. The molecule has 0 unspecified atom stereocenters. The second-order valence-electron chi connectivity index (χ2n) is 6.44. The molecule has 3 aromatic rings. The number of amides is 1. The predicted molar refractivity (Wildman–Crippen MR) is 118 cm³/mol. The number of aromatic nitrogens is 2. The van der Waals surface area contributed by atoms with E-state index >= 15 is 0 Å². The van der Waals surface area contributed by atoms with Crippen LogP contribution in [0, 0.1) is 13.8 Å². The Bertz CT molecular complexity index is 1060. The Morgan fingerprint density at radius 2 is 1.97 bits per heavy atom. The van der Waals surface area contributed by atoms with E-state index in [0.29, 0.717) is 28.1 Å². The summed E-state index contributed by atoms with van der Waals surface area (Å²) in [5.41, 5.74) is 3.24. The van der Waals surface area contributed by atoms with Gasteiger partial charge in [0.2, 0.25) is 11.8 Å². The summed E-state index contributed by atoms with van der Waals surface area (Å²) >= 11 is 2.53. The number of hydrogen-bond donors (Lipinski definition) is 1. The largest absolute Gasteiger partial charge is 0.462 e. The third-order valence-electron chi connectivity index (χ3n) is 4.40. The molecule has 3 rings (SSSR count). The molecule has 0 aliphatic carbocycles. The molecule has 7 nitrogen and oxygen atoms in total. The number of thiophene rings is 1. The van der Waals surface area contributed by atoms with Crippen molar-refractivity contribution in [1.29, 1.82) is 0 Å². The first-order chi connectivity index (χ1) is 14.4. The molecule has 0 fully saturated rings. The number of benzene rings is 1. The number of anilines is 1. The zero-order valence-electron chi connectivity index (χ0n) is 17.3. The monoisotopic (exact) mass is 445 g/mol. The Morgan fingerprint density at radius 1 is 1.20 bits per heavy atom. The quantitative estimate of drug-likeness (QED) is 0.390. The Hall–Kier alpha value is -2.65. The fourth-order valence-corrected chi connectivity index (χ4v) is 4.70. The van der Waals surface area contributed by atoms with Crippen molar-refractivity contribution < 1.29 is 18.7 Å². The SMILES string of the molecule is CCOC(=O)c1c(NC(=O)CSc2nnc(-c3ccccc3C)o2)sc(C)c1CC. The molecule has 0 aliphatic heterocycles. The molecule has 1 amide bonds. The van der Waals surface area contributed by atoms with Crippen LogP contribution in [0.4, 0.5) is 5.00 Å². The van der Waals surface area contributed by atoms with E-state index in [2.05, 4.69) is 15.5 Å². The van der Waals surface area contributed by atoms with Crippen LogP contribution in [-0.2, 0) is 16.0 Å². The number of hydrogen-bond acceptors (Lipinski definition) is 8. The number of nitrogens with zero attached hydrogens (tertiary/aromatic N) is 2. The van der Waals surface area contributed by atoms with Crippen molar-refractivity contribution in [3.05, 3.63) is 45.8 Å². The van der Waals surface area contributed by atoms with Gasteiger partial charge in [-0.15, -0.1) is 21.5 Å². The molecular formula is C21H23N3O4S2. The van der Waals surface area contributed by atoms with Gasteiger partial charge in [0, 0.05) is 10.4 Å². The Morgan fingerprint density at radius 3 is 2.67 bits per heavy atom. The van der Waals surface area contributed by atoms with E-state index in [9.17, 15) is 9.59 Å². The summed E-state index contributed by atoms with van der Waals surface area (Å²) in [7, 11) is 0. The molecule has 9 heteroatoms. The molecule has 2 aromatic heterocycles. The first-order valence-corrected chi connectivity index (χ1v) is 11.4. The van der Waals surface area contributed by atoms with Crippen LogP contribution in [0.25, 0.3) is 11.5 Å². The number of carbonyl (C=O) groups excluding carboxylic acids is 2. The minimum absolute atomic E-state index is 0.0794. The smallest absolute Gasteiger partial charge is 0.341 e. The summed E-state index contributed by atoms with van der Waals surface area (Å²) in [5.74, 6) is -0.176. The predicted octanol–water partition coefficient (Wildman–Crippen LogP) is 4.88. The van der Waals surface area contributed by atoms with Gasteiger partial charge in [-0.3, -0.25) is 4.79 Å². The van der Waals surface area contributed by atoms with Crippen LogP contribution < -0.4 is 5.32 Å². The normalized spacial score (nSPS) is 10.8. The number of aryl methyl sites for hydroxylation is 2. The van der Waals surface area contributed by atoms with Gasteiger partial charge in [-0.2, -0.15) is 0 Å². The van der Waals surface area contributed by atoms with Crippen LogP contribution >= 0.6 is 23.1 Å². The molecule has 0 radical (unpaired) electrons. The maximum atomic E-state index is 12.5. The van der Waals surface area contributed by atoms with Crippen molar-refractivity contribution in [3.8, 4) is 11.5 Å². The Balaban J connectivity index is 1.67. The van der Waals surface area contributed by atoms with Crippen molar-refractivity contribution >= 4 is 40.0 Å². The second-order valence-corrected chi connectivity index (χ2v) is 8.59. The molecule has 0 atom stereocenters. The molecular weight excluding hydrogens is 422 g/mol. The highest BCUT2D eigenvalue weighted by Crippen LogP contribution is 2.34. The van der Waals surface area contributed by atoms with Gasteiger partial charge in [0.05, 0.1) is 17.9 Å². The molecule has 1 aromatic carbocycles. The van der Waals surface area contributed by atoms with E-state index in [4.69, 9.17) is 9.15 Å². The molecule has 2 heterocycles. The first kappa shape index (κ1) is 22.0. The Kier molecular flexibility index (Phi) is 7.28. The average Bonchev–Trinajstić information content (AvgIpc) is 3.31. The zero-order chi connectivity index (χ0) is 21.7. The van der Waals surface area contributed by atoms with Crippen LogP contribution in [0.5, 0.6) is 0 Å². The fourth-order valence-electron chi connectivity index (χ4n) is 2.99. The highest BCUT2D eigenvalue weighted by Gasteiger charge is 2.23. The van der Waals surface area contributed by atoms with Crippen LogP contribution in [0.2, 0.25) is 0 Å². The molecule has 0 saturated carbocycles. The number of ether oxygens (including phenoxy) is 1. The van der Waals surface area contributed by atoms with Gasteiger partial charge >= 0.3 is 5.97 Å². The molecule has 1 N–H and O–H groups in total. The van der Waals surface area contributed by atoms with Crippen molar-refractivity contribution in [2.24, 2.45) is 0 Å². The lowest BCUT2D eigenvalue weighted by Gasteiger charge is -2.07. The van der Waals surface area contributed by atoms with Crippen molar-refractivity contribution in [3.63, 3.8) is 0 Å². The molecule has 0 saturated heterocycles. The second kappa shape index (κ2) is 9.90. The van der Waals surface area contributed by atoms with Crippen molar-refractivity contribution in [2.45, 2.75) is 39.3 Å². The molecule has 0 spiro atoms. The van der Waals surface area contributed by atoms with Gasteiger partial charge in [-0.25, -0.2) is 4.79 Å². The maximum Gasteiger partial charge on any atom is 0.341 e. The summed E-state index contributed by atoms with van der Waals surface area (Å²) in [5, 5.41) is 11.7. The lowest BCUT2D eigenvalue weighted by molar-refractivity contribution is -0.113. The number of esters is 1. The standard InChI is InChI=1S/C21H23N3O4S2/c1-5-14-13(4)30-19(17(14)20(26)27-6-2)22-16(25)11-29-21-24-23-18(28-21)15-10-8-7-9-12(15)3/h7-10H,5-6,11H2,1-4H3,(H,22,25). The summed E-state index contributed by atoms with van der Waals surface area (Å²) in [4.78, 5) is 25.9. The van der Waals surface area contributed by atoms with Crippen molar-refractivity contribution in [1.82, 2.24) is 10.2 Å². The number of nitrogens with one attached hydrogen (secondary N) is 1. The van der Waals surface area contributed by atoms with Gasteiger partial charge in [-0.1, -0.05) is 36.9 Å². The highest BCUT2D eigenvalue weighted by atomic mass is 32.2. The summed E-state index contributed by atoms with van der Waals surface area (Å²) in [6.07, 6.45) is 0.685. The molecule has 158 valence electrons. The summed E-state index contributed by atoms with van der Waals surface area (Å²) < 4.78 is 10.8. The minimum Gasteiger partial charge on any atom is -0.462 e. The van der Waals surface area contributed by atoms with E-state index in [1.54, 1.807) is 6.92 Å². The van der Waals surface area contributed by atoms with E-state index in [0.717, 1.165) is 33.3 Å². The lowest BCUT2D eigenvalue weighted by Crippen LogP contribution is -2.16. The third kappa shape index (κ3) is 4.91. The molecule has 0 bridgehead atoms. The van der Waals surface area contributed by atoms with E-state index < -0.39 is 5.97 Å². The Labute approximate surface area is 183 Å². The zero-order valence-corrected chi connectivity index (χ0v) is 18.9. The van der Waals surface area contributed by atoms with Gasteiger partial charge in [0.25, 0.3) is 5.22 Å². The van der Waals surface area contributed by atoms with Gasteiger partial charge in [-0.05, 0) is 44.4 Å². The van der Waals surface area contributed by atoms with Crippen LogP contribution in [0.3, 0.4) is 0 Å². The van der Waals surface area contributed by atoms with Gasteiger partial charge in [0.15, 0.2) is 0 Å². The average molecular weight is 446 g/mol. The molecule has 0 aliphatic rings. The number of carbonyl (C=O) groups is 2. The number of rotatable bonds is 8. The maximum absolute atomic E-state index is 12.5. The van der Waals surface area contributed by atoms with Gasteiger partial charge in [0.1, 0.15) is 5.00 Å². The van der Waals surface area contributed by atoms with Crippen LogP contribution in [0.1, 0.15) is 40.2 Å². The fraction of sp³-hybridized carbons (Fsp3) is 0.333.